The van der Waals surface area contributed by atoms with E-state index < -0.39 is 4.92 Å². The fourth-order valence-electron chi connectivity index (χ4n) is 3.15. The molecule has 1 amide bonds. The Morgan fingerprint density at radius 3 is 2.43 bits per heavy atom. The van der Waals surface area contributed by atoms with E-state index in [0.29, 0.717) is 42.8 Å². The van der Waals surface area contributed by atoms with Crippen LogP contribution < -0.4 is 4.74 Å². The van der Waals surface area contributed by atoms with Gasteiger partial charge in [0.15, 0.2) is 5.75 Å². The van der Waals surface area contributed by atoms with Gasteiger partial charge in [0, 0.05) is 44.4 Å². The number of piperazine rings is 1. The highest BCUT2D eigenvalue weighted by molar-refractivity contribution is 6.42. The predicted octanol–water partition coefficient (Wildman–Crippen LogP) is 3.87. The molecule has 0 spiro atoms. The zero-order valence-corrected chi connectivity index (χ0v) is 16.7. The van der Waals surface area contributed by atoms with Crippen LogP contribution in [0.5, 0.6) is 5.75 Å². The van der Waals surface area contributed by atoms with Crippen molar-refractivity contribution in [1.29, 1.82) is 0 Å². The highest BCUT2D eigenvalue weighted by Crippen LogP contribution is 2.28. The van der Waals surface area contributed by atoms with Crippen LogP contribution in [0.3, 0.4) is 0 Å². The van der Waals surface area contributed by atoms with Crippen molar-refractivity contribution in [3.8, 4) is 5.75 Å². The number of carbonyl (C=O) groups excluding carboxylic acids is 1. The Balaban J connectivity index is 1.63. The average Bonchev–Trinajstić information content (AvgIpc) is 2.70. The minimum Gasteiger partial charge on any atom is -0.490 e. The summed E-state index contributed by atoms with van der Waals surface area (Å²) in [6.45, 7) is 3.20. The van der Waals surface area contributed by atoms with E-state index in [9.17, 15) is 14.9 Å². The highest BCUT2D eigenvalue weighted by Gasteiger charge is 2.25. The summed E-state index contributed by atoms with van der Waals surface area (Å²) in [5.74, 6) is -0.0899. The van der Waals surface area contributed by atoms with Crippen molar-refractivity contribution >= 4 is 34.8 Å². The number of hydrogen-bond donors (Lipinski definition) is 0. The summed E-state index contributed by atoms with van der Waals surface area (Å²) in [4.78, 5) is 27.3. The standard InChI is InChI=1S/C19H19Cl2N3O4/c1-28-18-5-3-14(11-17(18)24(26)27)19(25)23-8-6-22(7-9-23)12-13-2-4-15(20)16(21)10-13/h2-5,10-11H,6-9,12H2,1H3. The first kappa shape index (κ1) is 20.4. The molecule has 2 aromatic rings. The van der Waals surface area contributed by atoms with Gasteiger partial charge in [-0.2, -0.15) is 0 Å². The van der Waals surface area contributed by atoms with Crippen LogP contribution in [0.2, 0.25) is 10.0 Å². The van der Waals surface area contributed by atoms with Crippen molar-refractivity contribution in [2.45, 2.75) is 6.54 Å². The van der Waals surface area contributed by atoms with Crippen molar-refractivity contribution in [3.63, 3.8) is 0 Å². The van der Waals surface area contributed by atoms with Gasteiger partial charge in [-0.3, -0.25) is 19.8 Å². The van der Waals surface area contributed by atoms with Crippen LogP contribution in [-0.4, -0.2) is 53.9 Å². The molecule has 3 rings (SSSR count). The number of methoxy groups -OCH3 is 1. The summed E-state index contributed by atoms with van der Waals surface area (Å²) in [7, 11) is 1.36. The molecule has 1 aliphatic rings. The molecule has 0 unspecified atom stereocenters. The number of nitro groups is 1. The zero-order chi connectivity index (χ0) is 20.3. The fraction of sp³-hybridized carbons (Fsp3) is 0.316. The van der Waals surface area contributed by atoms with Crippen molar-refractivity contribution in [2.24, 2.45) is 0 Å². The second-order valence-electron chi connectivity index (χ2n) is 6.46. The Hall–Kier alpha value is -2.35. The lowest BCUT2D eigenvalue weighted by molar-refractivity contribution is -0.385. The van der Waals surface area contributed by atoms with Gasteiger partial charge in [-0.1, -0.05) is 29.3 Å². The Kier molecular flexibility index (Phi) is 6.39. The smallest absolute Gasteiger partial charge is 0.311 e. The second-order valence-corrected chi connectivity index (χ2v) is 7.27. The minimum absolute atomic E-state index is 0.132. The SMILES string of the molecule is COc1ccc(C(=O)N2CCN(Cc3ccc(Cl)c(Cl)c3)CC2)cc1[N+](=O)[O-]. The number of nitro benzene ring substituents is 1. The van der Waals surface area contributed by atoms with Gasteiger partial charge in [0.2, 0.25) is 0 Å². The van der Waals surface area contributed by atoms with Crippen LogP contribution in [0.4, 0.5) is 5.69 Å². The molecule has 0 bridgehead atoms. The molecule has 148 valence electrons. The Morgan fingerprint density at radius 1 is 1.11 bits per heavy atom. The molecule has 7 nitrogen and oxygen atoms in total. The summed E-state index contributed by atoms with van der Waals surface area (Å²) >= 11 is 12.0. The van der Waals surface area contributed by atoms with Gasteiger partial charge in [-0.15, -0.1) is 0 Å². The molecular formula is C19H19Cl2N3O4. The first-order valence-electron chi connectivity index (χ1n) is 8.67. The molecule has 1 fully saturated rings. The van der Waals surface area contributed by atoms with E-state index in [1.54, 1.807) is 17.0 Å². The lowest BCUT2D eigenvalue weighted by Gasteiger charge is -2.34. The topological polar surface area (TPSA) is 75.9 Å². The van der Waals surface area contributed by atoms with E-state index in [-0.39, 0.29) is 22.9 Å². The van der Waals surface area contributed by atoms with E-state index in [4.69, 9.17) is 27.9 Å². The number of amides is 1. The molecule has 1 saturated heterocycles. The minimum atomic E-state index is -0.551. The van der Waals surface area contributed by atoms with Gasteiger partial charge in [0.1, 0.15) is 0 Å². The lowest BCUT2D eigenvalue weighted by Crippen LogP contribution is -2.48. The van der Waals surface area contributed by atoms with E-state index in [1.165, 1.54) is 19.2 Å². The number of nitrogens with zero attached hydrogens (tertiary/aromatic N) is 3. The monoisotopic (exact) mass is 423 g/mol. The maximum Gasteiger partial charge on any atom is 0.311 e. The third-order valence-corrected chi connectivity index (χ3v) is 5.41. The molecule has 0 saturated carbocycles. The van der Waals surface area contributed by atoms with Crippen LogP contribution in [0, 0.1) is 10.1 Å². The number of carbonyl (C=O) groups is 1. The molecule has 0 radical (unpaired) electrons. The Morgan fingerprint density at radius 2 is 1.82 bits per heavy atom. The number of hydrogen-bond acceptors (Lipinski definition) is 5. The maximum atomic E-state index is 12.7. The quantitative estimate of drug-likeness (QED) is 0.538. The van der Waals surface area contributed by atoms with E-state index in [1.807, 2.05) is 12.1 Å². The summed E-state index contributed by atoms with van der Waals surface area (Å²) in [6.07, 6.45) is 0. The molecule has 9 heteroatoms. The third-order valence-electron chi connectivity index (χ3n) is 4.67. The van der Waals surface area contributed by atoms with Gasteiger partial charge in [0.05, 0.1) is 22.1 Å². The van der Waals surface area contributed by atoms with Gasteiger partial charge < -0.3 is 9.64 Å². The van der Waals surface area contributed by atoms with Gasteiger partial charge >= 0.3 is 5.69 Å². The largest absolute Gasteiger partial charge is 0.490 e. The van der Waals surface area contributed by atoms with Crippen molar-refractivity contribution in [2.75, 3.05) is 33.3 Å². The molecule has 1 heterocycles. The number of benzene rings is 2. The number of halogens is 2. The van der Waals surface area contributed by atoms with Crippen molar-refractivity contribution in [1.82, 2.24) is 9.80 Å². The molecule has 0 atom stereocenters. The predicted molar refractivity (Wildman–Crippen MR) is 107 cm³/mol. The van der Waals surface area contributed by atoms with Crippen molar-refractivity contribution in [3.05, 3.63) is 67.7 Å². The van der Waals surface area contributed by atoms with Gasteiger partial charge in [-0.05, 0) is 29.8 Å². The molecule has 0 N–H and O–H groups in total. The van der Waals surface area contributed by atoms with Crippen molar-refractivity contribution < 1.29 is 14.5 Å². The van der Waals surface area contributed by atoms with Crippen LogP contribution >= 0.6 is 23.2 Å². The third kappa shape index (κ3) is 4.55. The van der Waals surface area contributed by atoms with Gasteiger partial charge in [0.25, 0.3) is 5.91 Å². The van der Waals surface area contributed by atoms with Crippen LogP contribution in [0.15, 0.2) is 36.4 Å². The van der Waals surface area contributed by atoms with E-state index in [2.05, 4.69) is 4.90 Å². The summed E-state index contributed by atoms with van der Waals surface area (Å²) in [5, 5.41) is 12.2. The first-order chi connectivity index (χ1) is 13.4. The fourth-order valence-corrected chi connectivity index (χ4v) is 3.47. The molecule has 0 aromatic heterocycles. The summed E-state index contributed by atoms with van der Waals surface area (Å²) in [5.41, 5.74) is 1.12. The normalized spacial score (nSPS) is 14.8. The Bertz CT molecular complexity index is 899. The summed E-state index contributed by atoms with van der Waals surface area (Å²) in [6, 6.07) is 9.82. The molecule has 1 aliphatic heterocycles. The molecular weight excluding hydrogens is 405 g/mol. The van der Waals surface area contributed by atoms with Crippen LogP contribution in [-0.2, 0) is 6.54 Å². The van der Waals surface area contributed by atoms with Crippen LogP contribution in [0.1, 0.15) is 15.9 Å². The number of ether oxygens (including phenoxy) is 1. The highest BCUT2D eigenvalue weighted by atomic mass is 35.5. The lowest BCUT2D eigenvalue weighted by atomic mass is 10.1. The molecule has 2 aromatic carbocycles. The van der Waals surface area contributed by atoms with Crippen LogP contribution in [0.25, 0.3) is 0 Å². The average molecular weight is 424 g/mol. The first-order valence-corrected chi connectivity index (χ1v) is 9.42. The van der Waals surface area contributed by atoms with E-state index in [0.717, 1.165) is 5.56 Å². The van der Waals surface area contributed by atoms with Gasteiger partial charge in [-0.25, -0.2) is 0 Å². The molecule has 28 heavy (non-hydrogen) atoms. The maximum absolute atomic E-state index is 12.7. The second kappa shape index (κ2) is 8.77. The Labute approximate surface area is 172 Å². The zero-order valence-electron chi connectivity index (χ0n) is 15.2. The summed E-state index contributed by atoms with van der Waals surface area (Å²) < 4.78 is 4.98. The van der Waals surface area contributed by atoms with E-state index >= 15 is 0 Å². The number of rotatable bonds is 5. The molecule has 0 aliphatic carbocycles.